The van der Waals surface area contributed by atoms with Crippen molar-refractivity contribution in [2.24, 2.45) is 22.4 Å². The van der Waals surface area contributed by atoms with E-state index in [2.05, 4.69) is 5.10 Å². The van der Waals surface area contributed by atoms with Crippen LogP contribution in [0.3, 0.4) is 0 Å². The van der Waals surface area contributed by atoms with E-state index >= 15 is 0 Å². The Labute approximate surface area is 163 Å². The first-order valence-corrected chi connectivity index (χ1v) is 9.68. The number of hydrogen-bond donors (Lipinski definition) is 1. The van der Waals surface area contributed by atoms with E-state index in [1.54, 1.807) is 0 Å². The van der Waals surface area contributed by atoms with Crippen LogP contribution < -0.4 is 0 Å². The van der Waals surface area contributed by atoms with Gasteiger partial charge in [-0.05, 0) is 42.6 Å². The van der Waals surface area contributed by atoms with Crippen molar-refractivity contribution in [3.05, 3.63) is 35.9 Å². The quantitative estimate of drug-likeness (QED) is 0.816. The molecule has 0 saturated heterocycles. The smallest absolute Gasteiger partial charge is 0.362 e. The summed E-state index contributed by atoms with van der Waals surface area (Å²) >= 11 is 0. The van der Waals surface area contributed by atoms with E-state index in [0.29, 0.717) is 24.3 Å². The van der Waals surface area contributed by atoms with Gasteiger partial charge >= 0.3 is 6.18 Å². The Hall–Kier alpha value is -1.89. The highest BCUT2D eigenvalue weighted by molar-refractivity contribution is 5.93. The molecule has 0 bridgehead atoms. The maximum absolute atomic E-state index is 14.0. The number of nitrogens with zero attached hydrogens (tertiary/aromatic N) is 2. The lowest BCUT2D eigenvalue weighted by atomic mass is 9.66. The molecule has 0 aromatic heterocycles. The largest absolute Gasteiger partial charge is 0.439 e. The van der Waals surface area contributed by atoms with Gasteiger partial charge in [0, 0.05) is 12.1 Å². The third-order valence-corrected chi connectivity index (χ3v) is 6.06. The molecule has 7 heteroatoms. The SMILES string of the molecule is CC(C)(C)[C@@H]1CCC2=NN(C(=O)CCc3ccccc3)[C@](O)(C(F)(F)F)[C@@H]2C1. The molecular formula is C21H27F3N2O2. The topological polar surface area (TPSA) is 52.9 Å². The third kappa shape index (κ3) is 3.69. The summed E-state index contributed by atoms with van der Waals surface area (Å²) in [6, 6.07) is 9.07. The molecule has 3 atom stereocenters. The van der Waals surface area contributed by atoms with Gasteiger partial charge in [-0.2, -0.15) is 23.3 Å². The van der Waals surface area contributed by atoms with Gasteiger partial charge in [-0.1, -0.05) is 51.1 Å². The fourth-order valence-electron chi connectivity index (χ4n) is 4.26. The summed E-state index contributed by atoms with van der Waals surface area (Å²) in [5.41, 5.74) is -2.31. The van der Waals surface area contributed by atoms with E-state index in [1.165, 1.54) is 0 Å². The van der Waals surface area contributed by atoms with Crippen molar-refractivity contribution in [1.29, 1.82) is 0 Å². The number of aryl methyl sites for hydroxylation is 1. The first kappa shape index (κ1) is 20.8. The Balaban J connectivity index is 1.84. The minimum atomic E-state index is -4.98. The zero-order valence-electron chi connectivity index (χ0n) is 16.5. The summed E-state index contributed by atoms with van der Waals surface area (Å²) in [5.74, 6) is -1.99. The molecule has 1 aliphatic heterocycles. The molecule has 1 aliphatic carbocycles. The summed E-state index contributed by atoms with van der Waals surface area (Å²) in [6.07, 6.45) is -3.59. The van der Waals surface area contributed by atoms with Crippen molar-refractivity contribution < 1.29 is 23.1 Å². The van der Waals surface area contributed by atoms with Crippen molar-refractivity contribution in [3.63, 3.8) is 0 Å². The van der Waals surface area contributed by atoms with Crippen molar-refractivity contribution in [3.8, 4) is 0 Å². The number of hydrazone groups is 1. The molecule has 1 saturated carbocycles. The van der Waals surface area contributed by atoms with Crippen molar-refractivity contribution in [1.82, 2.24) is 5.01 Å². The van der Waals surface area contributed by atoms with Gasteiger partial charge < -0.3 is 5.11 Å². The summed E-state index contributed by atoms with van der Waals surface area (Å²) in [7, 11) is 0. The molecule has 28 heavy (non-hydrogen) atoms. The first-order chi connectivity index (χ1) is 12.9. The van der Waals surface area contributed by atoms with E-state index in [1.807, 2.05) is 51.1 Å². The van der Waals surface area contributed by atoms with Gasteiger partial charge in [0.1, 0.15) is 0 Å². The van der Waals surface area contributed by atoms with Gasteiger partial charge in [0.05, 0.1) is 5.92 Å². The number of halogens is 3. The van der Waals surface area contributed by atoms with Gasteiger partial charge in [-0.25, -0.2) is 0 Å². The van der Waals surface area contributed by atoms with Gasteiger partial charge in [0.15, 0.2) is 0 Å². The van der Waals surface area contributed by atoms with Crippen LogP contribution in [0.25, 0.3) is 0 Å². The third-order valence-electron chi connectivity index (χ3n) is 6.06. The average molecular weight is 396 g/mol. The van der Waals surface area contributed by atoms with Gasteiger partial charge in [0.25, 0.3) is 5.72 Å². The normalized spacial score (nSPS) is 28.1. The monoisotopic (exact) mass is 396 g/mol. The molecule has 1 N–H and O–H groups in total. The van der Waals surface area contributed by atoms with Crippen molar-refractivity contribution >= 4 is 11.6 Å². The van der Waals surface area contributed by atoms with E-state index in [-0.39, 0.29) is 29.9 Å². The van der Waals surface area contributed by atoms with Crippen LogP contribution in [0.2, 0.25) is 0 Å². The Morgan fingerprint density at radius 1 is 1.25 bits per heavy atom. The van der Waals surface area contributed by atoms with Gasteiger partial charge in [-0.15, -0.1) is 0 Å². The molecule has 154 valence electrons. The molecule has 3 rings (SSSR count). The van der Waals surface area contributed by atoms with Crippen LogP contribution >= 0.6 is 0 Å². The number of amides is 1. The lowest BCUT2D eigenvalue weighted by molar-refractivity contribution is -0.318. The number of hydrogen-bond acceptors (Lipinski definition) is 3. The number of alkyl halides is 3. The summed E-state index contributed by atoms with van der Waals surface area (Å²) in [5, 5.41) is 15.1. The molecule has 0 unspecified atom stereocenters. The van der Waals surface area contributed by atoms with E-state index < -0.39 is 23.7 Å². The highest BCUT2D eigenvalue weighted by atomic mass is 19.4. The van der Waals surface area contributed by atoms with Gasteiger partial charge in [-0.3, -0.25) is 4.79 Å². The lowest BCUT2D eigenvalue weighted by Crippen LogP contribution is -2.62. The predicted molar refractivity (Wildman–Crippen MR) is 100 cm³/mol. The second kappa shape index (κ2) is 7.17. The Morgan fingerprint density at radius 3 is 2.46 bits per heavy atom. The average Bonchev–Trinajstić information content (AvgIpc) is 2.93. The highest BCUT2D eigenvalue weighted by Crippen LogP contribution is 2.51. The molecule has 1 heterocycles. The Morgan fingerprint density at radius 2 is 1.89 bits per heavy atom. The Bertz CT molecular complexity index is 755. The molecule has 1 aromatic carbocycles. The second-order valence-corrected chi connectivity index (χ2v) is 8.90. The van der Waals surface area contributed by atoms with Crippen LogP contribution in [0.5, 0.6) is 0 Å². The molecule has 2 aliphatic rings. The van der Waals surface area contributed by atoms with E-state index in [0.717, 1.165) is 5.56 Å². The standard InChI is InChI=1S/C21H27F3N2O2/c1-19(2,3)15-10-11-17-16(13-15)20(28,21(22,23)24)26(25-17)18(27)12-9-14-7-5-4-6-8-14/h4-8,15-16,28H,9-13H2,1-3H3/t15-,16-,20-/m1/s1. The van der Waals surface area contributed by atoms with Crippen LogP contribution in [0, 0.1) is 17.3 Å². The molecule has 1 fully saturated rings. The number of carbonyl (C=O) groups is 1. The summed E-state index contributed by atoms with van der Waals surface area (Å²) in [6.45, 7) is 5.97. The number of carbonyl (C=O) groups excluding carboxylic acids is 1. The molecule has 1 amide bonds. The lowest BCUT2D eigenvalue weighted by Gasteiger charge is -2.42. The van der Waals surface area contributed by atoms with Crippen LogP contribution in [-0.2, 0) is 11.2 Å². The zero-order chi connectivity index (χ0) is 20.7. The van der Waals surface area contributed by atoms with Crippen molar-refractivity contribution in [2.75, 3.05) is 0 Å². The summed E-state index contributed by atoms with van der Waals surface area (Å²) in [4.78, 5) is 12.7. The number of aliphatic hydroxyl groups is 1. The Kier molecular flexibility index (Phi) is 5.34. The van der Waals surface area contributed by atoms with Gasteiger partial charge in [0.2, 0.25) is 5.91 Å². The minimum absolute atomic E-state index is 0.0182. The molecule has 0 spiro atoms. The maximum atomic E-state index is 14.0. The van der Waals surface area contributed by atoms with E-state index in [9.17, 15) is 23.1 Å². The second-order valence-electron chi connectivity index (χ2n) is 8.90. The van der Waals surface area contributed by atoms with E-state index in [4.69, 9.17) is 0 Å². The number of benzene rings is 1. The first-order valence-electron chi connectivity index (χ1n) is 9.68. The highest BCUT2D eigenvalue weighted by Gasteiger charge is 2.69. The fourth-order valence-corrected chi connectivity index (χ4v) is 4.26. The minimum Gasteiger partial charge on any atom is -0.362 e. The van der Waals surface area contributed by atoms with Crippen LogP contribution in [0.4, 0.5) is 13.2 Å². The van der Waals surface area contributed by atoms with Crippen LogP contribution in [-0.4, -0.2) is 33.6 Å². The fraction of sp³-hybridized carbons (Fsp3) is 0.619. The van der Waals surface area contributed by atoms with Crippen molar-refractivity contribution in [2.45, 2.75) is 64.8 Å². The summed E-state index contributed by atoms with van der Waals surface area (Å²) < 4.78 is 42.0. The maximum Gasteiger partial charge on any atom is 0.439 e. The number of rotatable bonds is 3. The molecule has 1 aromatic rings. The molecule has 4 nitrogen and oxygen atoms in total. The zero-order valence-corrected chi connectivity index (χ0v) is 16.5. The van der Waals surface area contributed by atoms with Crippen LogP contribution in [0.1, 0.15) is 52.0 Å². The predicted octanol–water partition coefficient (Wildman–Crippen LogP) is 4.53. The number of fused-ring (bicyclic) bond motifs is 1. The molecule has 0 radical (unpaired) electrons. The van der Waals surface area contributed by atoms with Crippen LogP contribution in [0.15, 0.2) is 35.4 Å². The molecular weight excluding hydrogens is 369 g/mol.